The van der Waals surface area contributed by atoms with Gasteiger partial charge in [0.25, 0.3) is 0 Å². The van der Waals surface area contributed by atoms with Crippen molar-refractivity contribution in [2.75, 3.05) is 5.32 Å². The highest BCUT2D eigenvalue weighted by Crippen LogP contribution is 2.13. The summed E-state index contributed by atoms with van der Waals surface area (Å²) in [6, 6.07) is 1.33. The molecule has 1 atom stereocenters. The summed E-state index contributed by atoms with van der Waals surface area (Å²) in [5.41, 5.74) is 0. The number of anilines is 1. The van der Waals surface area contributed by atoms with E-state index in [-0.39, 0.29) is 12.5 Å². The zero-order valence-electron chi connectivity index (χ0n) is 7.54. The van der Waals surface area contributed by atoms with Crippen molar-refractivity contribution in [3.05, 3.63) is 17.0 Å². The van der Waals surface area contributed by atoms with E-state index in [0.717, 1.165) is 0 Å². The van der Waals surface area contributed by atoms with E-state index in [9.17, 15) is 8.78 Å². The number of hydrogen-bond acceptors (Lipinski definition) is 3. The van der Waals surface area contributed by atoms with E-state index in [1.54, 1.807) is 13.0 Å². The molecule has 0 bridgehead atoms. The van der Waals surface area contributed by atoms with Crippen molar-refractivity contribution in [1.29, 1.82) is 0 Å². The number of nitrogens with zero attached hydrogens (tertiary/aromatic N) is 2. The third-order valence-corrected chi connectivity index (χ3v) is 1.99. The molecule has 0 aliphatic carbocycles. The van der Waals surface area contributed by atoms with E-state index in [2.05, 4.69) is 31.2 Å². The smallest absolute Gasteiger partial charge is 0.240 e. The monoisotopic (exact) mass is 265 g/mol. The minimum Gasteiger partial charge on any atom is -0.367 e. The van der Waals surface area contributed by atoms with E-state index < -0.39 is 6.43 Å². The van der Waals surface area contributed by atoms with Gasteiger partial charge in [-0.15, -0.1) is 0 Å². The second-order valence-electron chi connectivity index (χ2n) is 2.90. The number of hydrogen-bond donors (Lipinski definition) is 1. The second-order valence-corrected chi connectivity index (χ2v) is 3.71. The Hall–Kier alpha value is -0.780. The van der Waals surface area contributed by atoms with Crippen LogP contribution in [0.3, 0.4) is 0 Å². The first kappa shape index (κ1) is 11.3. The van der Waals surface area contributed by atoms with E-state index in [0.29, 0.717) is 10.4 Å². The SMILES string of the molecule is CC(CC(F)F)Nc1cc(Br)ncn1. The number of aromatic nitrogens is 2. The predicted molar refractivity (Wildman–Crippen MR) is 53.4 cm³/mol. The molecule has 0 spiro atoms. The molecule has 0 amide bonds. The Morgan fingerprint density at radius 2 is 2.21 bits per heavy atom. The zero-order chi connectivity index (χ0) is 10.6. The second kappa shape index (κ2) is 5.19. The van der Waals surface area contributed by atoms with Crippen molar-refractivity contribution in [1.82, 2.24) is 9.97 Å². The highest BCUT2D eigenvalue weighted by molar-refractivity contribution is 9.10. The fraction of sp³-hybridized carbons (Fsp3) is 0.500. The van der Waals surface area contributed by atoms with Gasteiger partial charge in [0.2, 0.25) is 6.43 Å². The van der Waals surface area contributed by atoms with Crippen LogP contribution in [0.15, 0.2) is 17.0 Å². The van der Waals surface area contributed by atoms with Gasteiger partial charge >= 0.3 is 0 Å². The van der Waals surface area contributed by atoms with Crippen LogP contribution in [0, 0.1) is 0 Å². The van der Waals surface area contributed by atoms with Gasteiger partial charge in [-0.05, 0) is 22.9 Å². The van der Waals surface area contributed by atoms with Crippen molar-refractivity contribution in [3.8, 4) is 0 Å². The van der Waals surface area contributed by atoms with Crippen molar-refractivity contribution in [2.24, 2.45) is 0 Å². The quantitative estimate of drug-likeness (QED) is 0.851. The number of halogens is 3. The lowest BCUT2D eigenvalue weighted by Crippen LogP contribution is -2.19. The van der Waals surface area contributed by atoms with Crippen LogP contribution in [0.1, 0.15) is 13.3 Å². The minimum atomic E-state index is -2.30. The molecule has 3 nitrogen and oxygen atoms in total. The van der Waals surface area contributed by atoms with Crippen LogP contribution < -0.4 is 5.32 Å². The van der Waals surface area contributed by atoms with Crippen LogP contribution in [0.25, 0.3) is 0 Å². The van der Waals surface area contributed by atoms with Crippen LogP contribution in [-0.2, 0) is 0 Å². The largest absolute Gasteiger partial charge is 0.367 e. The molecule has 14 heavy (non-hydrogen) atoms. The minimum absolute atomic E-state index is 0.193. The van der Waals surface area contributed by atoms with Crippen LogP contribution >= 0.6 is 15.9 Å². The van der Waals surface area contributed by atoms with Gasteiger partial charge in [-0.3, -0.25) is 0 Å². The molecule has 0 aromatic carbocycles. The maximum Gasteiger partial charge on any atom is 0.240 e. The van der Waals surface area contributed by atoms with Crippen molar-refractivity contribution in [3.63, 3.8) is 0 Å². The van der Waals surface area contributed by atoms with Crippen molar-refractivity contribution >= 4 is 21.7 Å². The average molecular weight is 266 g/mol. The van der Waals surface area contributed by atoms with Gasteiger partial charge in [0.15, 0.2) is 0 Å². The normalized spacial score (nSPS) is 12.9. The molecule has 78 valence electrons. The van der Waals surface area contributed by atoms with Gasteiger partial charge in [0, 0.05) is 18.5 Å². The maximum atomic E-state index is 12.0. The first-order valence-corrected chi connectivity index (χ1v) is 4.89. The molecular weight excluding hydrogens is 256 g/mol. The summed E-state index contributed by atoms with van der Waals surface area (Å²) in [5.74, 6) is 0.542. The maximum absolute atomic E-state index is 12.0. The highest BCUT2D eigenvalue weighted by Gasteiger charge is 2.10. The molecule has 0 aliphatic heterocycles. The number of alkyl halides is 2. The van der Waals surface area contributed by atoms with Crippen LogP contribution in [0.2, 0.25) is 0 Å². The highest BCUT2D eigenvalue weighted by atomic mass is 79.9. The molecule has 0 aliphatic rings. The van der Waals surface area contributed by atoms with Crippen molar-refractivity contribution in [2.45, 2.75) is 25.8 Å². The van der Waals surface area contributed by atoms with Crippen LogP contribution in [0.5, 0.6) is 0 Å². The molecule has 0 radical (unpaired) electrons. The molecule has 6 heteroatoms. The number of rotatable bonds is 4. The molecule has 0 fully saturated rings. The molecule has 1 aromatic heterocycles. The summed E-state index contributed by atoms with van der Waals surface area (Å²) >= 11 is 3.16. The van der Waals surface area contributed by atoms with Gasteiger partial charge in [-0.25, -0.2) is 18.7 Å². The first-order valence-electron chi connectivity index (χ1n) is 4.10. The Morgan fingerprint density at radius 3 is 2.79 bits per heavy atom. The Bertz CT molecular complexity index is 296. The van der Waals surface area contributed by atoms with Gasteiger partial charge < -0.3 is 5.32 Å². The molecule has 0 saturated carbocycles. The summed E-state index contributed by atoms with van der Waals surface area (Å²) in [4.78, 5) is 7.72. The molecule has 1 N–H and O–H groups in total. The zero-order valence-corrected chi connectivity index (χ0v) is 9.13. The van der Waals surface area contributed by atoms with Crippen molar-refractivity contribution < 1.29 is 8.78 Å². The van der Waals surface area contributed by atoms with E-state index in [1.165, 1.54) is 6.33 Å². The third kappa shape index (κ3) is 3.95. The molecule has 1 rings (SSSR count). The van der Waals surface area contributed by atoms with Crippen LogP contribution in [0.4, 0.5) is 14.6 Å². The molecule has 1 heterocycles. The standard InChI is InChI=1S/C8H10BrF2N3/c1-5(2-7(10)11)14-8-3-6(9)12-4-13-8/h3-5,7H,2H2,1H3,(H,12,13,14). The first-order chi connectivity index (χ1) is 6.58. The summed E-state index contributed by atoms with van der Waals surface area (Å²) in [5, 5.41) is 2.85. The third-order valence-electron chi connectivity index (χ3n) is 1.56. The van der Waals surface area contributed by atoms with E-state index >= 15 is 0 Å². The van der Waals surface area contributed by atoms with Gasteiger partial charge in [0.1, 0.15) is 16.7 Å². The Kier molecular flexibility index (Phi) is 4.19. The van der Waals surface area contributed by atoms with Crippen LogP contribution in [-0.4, -0.2) is 22.4 Å². The fourth-order valence-electron chi connectivity index (χ4n) is 0.991. The summed E-state index contributed by atoms with van der Waals surface area (Å²) < 4.78 is 24.6. The fourth-order valence-corrected chi connectivity index (χ4v) is 1.30. The Labute approximate surface area is 89.1 Å². The Balaban J connectivity index is 2.51. The lowest BCUT2D eigenvalue weighted by molar-refractivity contribution is 0.133. The summed E-state index contributed by atoms with van der Waals surface area (Å²) in [6.45, 7) is 1.68. The lowest BCUT2D eigenvalue weighted by Gasteiger charge is -2.13. The van der Waals surface area contributed by atoms with E-state index in [1.807, 2.05) is 0 Å². The molecular formula is C8H10BrF2N3. The van der Waals surface area contributed by atoms with Gasteiger partial charge in [-0.2, -0.15) is 0 Å². The summed E-state index contributed by atoms with van der Waals surface area (Å²) in [6.07, 6.45) is -1.13. The molecule has 0 saturated heterocycles. The molecule has 1 unspecified atom stereocenters. The summed E-state index contributed by atoms with van der Waals surface area (Å²) in [7, 11) is 0. The lowest BCUT2D eigenvalue weighted by atomic mass is 10.2. The number of nitrogens with one attached hydrogen (secondary N) is 1. The van der Waals surface area contributed by atoms with E-state index in [4.69, 9.17) is 0 Å². The van der Waals surface area contributed by atoms with Gasteiger partial charge in [0.05, 0.1) is 0 Å². The average Bonchev–Trinajstić information content (AvgIpc) is 2.01. The Morgan fingerprint density at radius 1 is 1.50 bits per heavy atom. The predicted octanol–water partition coefficient (Wildman–Crippen LogP) is 2.69. The van der Waals surface area contributed by atoms with Gasteiger partial charge in [-0.1, -0.05) is 0 Å². The topological polar surface area (TPSA) is 37.8 Å². The molecule has 1 aromatic rings.